The monoisotopic (exact) mass is 428 g/mol. The van der Waals surface area contributed by atoms with Gasteiger partial charge in [-0.15, -0.1) is 0 Å². The van der Waals surface area contributed by atoms with E-state index in [2.05, 4.69) is 10.9 Å². The number of hydrogen-bond acceptors (Lipinski definition) is 6. The predicted octanol–water partition coefficient (Wildman–Crippen LogP) is 2.26. The van der Waals surface area contributed by atoms with Crippen molar-refractivity contribution in [1.29, 1.82) is 0 Å². The summed E-state index contributed by atoms with van der Waals surface area (Å²) in [6.45, 7) is -0.374. The number of benzene rings is 1. The molecular formula is C21H24N4O6. The second-order valence-corrected chi connectivity index (χ2v) is 9.55. The first-order chi connectivity index (χ1) is 14.8. The molecule has 2 aromatic rings. The zero-order valence-corrected chi connectivity index (χ0v) is 17.0. The molecule has 2 amide bonds. The molecule has 0 spiro atoms. The molecule has 10 heteroatoms. The number of carbonyl (C=O) groups excluding carboxylic acids is 2. The van der Waals surface area contributed by atoms with Gasteiger partial charge < -0.3 is 4.42 Å². The van der Waals surface area contributed by atoms with Gasteiger partial charge in [0.15, 0.2) is 5.58 Å². The Kier molecular flexibility index (Phi) is 4.60. The quantitative estimate of drug-likeness (QED) is 0.554. The molecule has 6 rings (SSSR count). The molecule has 4 aliphatic carbocycles. The second-order valence-electron chi connectivity index (χ2n) is 9.55. The number of nitro benzene ring substituents is 1. The summed E-state index contributed by atoms with van der Waals surface area (Å²) in [5.41, 5.74) is 5.01. The van der Waals surface area contributed by atoms with E-state index in [0.717, 1.165) is 47.6 Å². The highest BCUT2D eigenvalue weighted by Gasteiger charge is 2.51. The minimum atomic E-state index is -0.800. The van der Waals surface area contributed by atoms with Crippen molar-refractivity contribution in [2.75, 3.05) is 0 Å². The summed E-state index contributed by atoms with van der Waals surface area (Å²) in [6.07, 6.45) is 7.61. The van der Waals surface area contributed by atoms with Crippen molar-refractivity contribution in [1.82, 2.24) is 15.4 Å². The summed E-state index contributed by atoms with van der Waals surface area (Å²) >= 11 is 0. The van der Waals surface area contributed by atoms with Crippen LogP contribution in [0, 0.1) is 33.3 Å². The van der Waals surface area contributed by atoms with Gasteiger partial charge in [-0.2, -0.15) is 0 Å². The lowest BCUT2D eigenvalue weighted by molar-refractivity contribution is -0.384. The number of aromatic nitrogens is 1. The van der Waals surface area contributed by atoms with E-state index in [4.69, 9.17) is 4.42 Å². The zero-order valence-electron chi connectivity index (χ0n) is 17.0. The Bertz CT molecular complexity index is 1100. The molecule has 4 aliphatic rings. The number of oxazole rings is 1. The highest BCUT2D eigenvalue weighted by atomic mass is 16.6. The first-order valence-electron chi connectivity index (χ1n) is 10.7. The first kappa shape index (κ1) is 19.8. The molecular weight excluding hydrogens is 404 g/mol. The lowest BCUT2D eigenvalue weighted by Gasteiger charge is -2.56. The van der Waals surface area contributed by atoms with E-state index in [9.17, 15) is 24.5 Å². The summed E-state index contributed by atoms with van der Waals surface area (Å²) in [7, 11) is 0. The van der Waals surface area contributed by atoms with Crippen molar-refractivity contribution in [3.05, 3.63) is 38.9 Å². The fourth-order valence-corrected chi connectivity index (χ4v) is 6.53. The lowest BCUT2D eigenvalue weighted by atomic mass is 9.49. The Hall–Kier alpha value is -3.17. The van der Waals surface area contributed by atoms with Crippen LogP contribution in [0.1, 0.15) is 44.9 Å². The number of carbonyl (C=O) groups is 2. The van der Waals surface area contributed by atoms with E-state index in [1.807, 2.05) is 0 Å². The van der Waals surface area contributed by atoms with Crippen LogP contribution in [0.3, 0.4) is 0 Å². The van der Waals surface area contributed by atoms with Crippen molar-refractivity contribution < 1.29 is 18.9 Å². The molecule has 0 unspecified atom stereocenters. The van der Waals surface area contributed by atoms with E-state index in [1.54, 1.807) is 0 Å². The number of nitrogens with zero attached hydrogens (tertiary/aromatic N) is 2. The number of non-ortho nitro benzene ring substituents is 1. The van der Waals surface area contributed by atoms with E-state index in [0.29, 0.717) is 6.42 Å². The number of hydrazine groups is 1. The smallest absolute Gasteiger partial charge is 0.407 e. The third-order valence-electron chi connectivity index (χ3n) is 7.21. The molecule has 31 heavy (non-hydrogen) atoms. The SMILES string of the molecule is O=C(Cn1c(=O)oc2cc([N+](=O)[O-])ccc21)NNC(=O)CC12CC3CC(CC(C3)C1)C2. The molecule has 10 nitrogen and oxygen atoms in total. The third-order valence-corrected chi connectivity index (χ3v) is 7.21. The maximum absolute atomic E-state index is 12.5. The normalized spacial score (nSPS) is 28.6. The molecule has 0 atom stereocenters. The zero-order chi connectivity index (χ0) is 21.8. The Morgan fingerprint density at radius 1 is 1.10 bits per heavy atom. The third kappa shape index (κ3) is 3.70. The van der Waals surface area contributed by atoms with Crippen LogP contribution in [0.15, 0.2) is 27.4 Å². The molecule has 1 aromatic heterocycles. The Balaban J connectivity index is 1.20. The fourth-order valence-electron chi connectivity index (χ4n) is 6.53. The molecule has 4 bridgehead atoms. The summed E-state index contributed by atoms with van der Waals surface area (Å²) in [5, 5.41) is 10.9. The van der Waals surface area contributed by atoms with Gasteiger partial charge in [0, 0.05) is 12.5 Å². The van der Waals surface area contributed by atoms with Gasteiger partial charge in [0.25, 0.3) is 11.6 Å². The van der Waals surface area contributed by atoms with E-state index in [1.165, 1.54) is 31.4 Å². The topological polar surface area (TPSA) is 136 Å². The van der Waals surface area contributed by atoms with Crippen molar-refractivity contribution in [3.63, 3.8) is 0 Å². The predicted molar refractivity (Wildman–Crippen MR) is 109 cm³/mol. The van der Waals surface area contributed by atoms with Gasteiger partial charge in [-0.3, -0.25) is 35.1 Å². The van der Waals surface area contributed by atoms with Crippen LogP contribution < -0.4 is 16.6 Å². The summed E-state index contributed by atoms with van der Waals surface area (Å²) in [5.74, 6) is 0.630. The fraction of sp³-hybridized carbons (Fsp3) is 0.571. The van der Waals surface area contributed by atoms with E-state index in [-0.39, 0.29) is 34.7 Å². The molecule has 4 saturated carbocycles. The van der Waals surface area contributed by atoms with Crippen LogP contribution in [0.2, 0.25) is 0 Å². The Labute approximate surface area is 177 Å². The number of fused-ring (bicyclic) bond motifs is 1. The highest BCUT2D eigenvalue weighted by molar-refractivity contribution is 5.83. The Morgan fingerprint density at radius 3 is 2.32 bits per heavy atom. The van der Waals surface area contributed by atoms with Gasteiger partial charge in [-0.25, -0.2) is 4.79 Å². The maximum Gasteiger partial charge on any atom is 0.420 e. The highest BCUT2D eigenvalue weighted by Crippen LogP contribution is 2.61. The second kappa shape index (κ2) is 7.21. The van der Waals surface area contributed by atoms with Crippen molar-refractivity contribution in [2.45, 2.75) is 51.5 Å². The average Bonchev–Trinajstić information content (AvgIpc) is 2.99. The van der Waals surface area contributed by atoms with Gasteiger partial charge >= 0.3 is 5.76 Å². The van der Waals surface area contributed by atoms with Crippen LogP contribution in [0.5, 0.6) is 0 Å². The summed E-state index contributed by atoms with van der Waals surface area (Å²) < 4.78 is 6.08. The molecule has 0 radical (unpaired) electrons. The standard InChI is InChI=1S/C21H24N4O6/c26-18(10-21-7-12-3-13(8-21)5-14(4-12)9-21)22-23-19(27)11-24-16-2-1-15(25(29)30)6-17(16)31-20(24)28/h1-2,6,12-14H,3-5,7-11H2,(H,22,26)(H,23,27). The number of nitro groups is 1. The van der Waals surface area contributed by atoms with Crippen LogP contribution >= 0.6 is 0 Å². The minimum absolute atomic E-state index is 0.0258. The average molecular weight is 428 g/mol. The van der Waals surface area contributed by atoms with Crippen molar-refractivity contribution in [2.24, 2.45) is 23.2 Å². The molecule has 1 aromatic carbocycles. The molecule has 0 saturated heterocycles. The van der Waals surface area contributed by atoms with Gasteiger partial charge in [-0.1, -0.05) is 0 Å². The van der Waals surface area contributed by atoms with Crippen LogP contribution in [-0.4, -0.2) is 21.3 Å². The van der Waals surface area contributed by atoms with Gasteiger partial charge in [-0.05, 0) is 67.8 Å². The van der Waals surface area contributed by atoms with Gasteiger partial charge in [0.2, 0.25) is 5.91 Å². The van der Waals surface area contributed by atoms with Crippen molar-refractivity contribution >= 4 is 28.6 Å². The number of rotatable bonds is 5. The molecule has 2 N–H and O–H groups in total. The Morgan fingerprint density at radius 2 is 1.71 bits per heavy atom. The molecule has 164 valence electrons. The maximum atomic E-state index is 12.5. The molecule has 4 fully saturated rings. The van der Waals surface area contributed by atoms with Crippen LogP contribution in [0.4, 0.5) is 5.69 Å². The number of nitrogens with one attached hydrogen (secondary N) is 2. The van der Waals surface area contributed by atoms with E-state index >= 15 is 0 Å². The molecule has 1 heterocycles. The summed E-state index contributed by atoms with van der Waals surface area (Å²) in [4.78, 5) is 47.2. The van der Waals surface area contributed by atoms with E-state index < -0.39 is 16.6 Å². The largest absolute Gasteiger partial charge is 0.420 e. The lowest BCUT2D eigenvalue weighted by Crippen LogP contribution is -2.50. The van der Waals surface area contributed by atoms with Gasteiger partial charge in [0.1, 0.15) is 6.54 Å². The van der Waals surface area contributed by atoms with Gasteiger partial charge in [0.05, 0.1) is 16.5 Å². The number of amides is 2. The van der Waals surface area contributed by atoms with Crippen LogP contribution in [0.25, 0.3) is 11.1 Å². The van der Waals surface area contributed by atoms with Crippen molar-refractivity contribution in [3.8, 4) is 0 Å². The molecule has 0 aliphatic heterocycles. The summed E-state index contributed by atoms with van der Waals surface area (Å²) in [6, 6.07) is 3.73. The minimum Gasteiger partial charge on any atom is -0.407 e. The van der Waals surface area contributed by atoms with Crippen LogP contribution in [-0.2, 0) is 16.1 Å². The number of hydrogen-bond donors (Lipinski definition) is 2. The first-order valence-corrected chi connectivity index (χ1v) is 10.7.